The number of nitrogens with zero attached hydrogens (tertiary/aromatic N) is 2. The zero-order chi connectivity index (χ0) is 22.0. The first-order chi connectivity index (χ1) is 15.0. The molecule has 5 nitrogen and oxygen atoms in total. The number of ether oxygens (including phenoxy) is 2. The quantitative estimate of drug-likeness (QED) is 0.536. The smallest absolute Gasteiger partial charge is 0.256 e. The van der Waals surface area contributed by atoms with Gasteiger partial charge in [0, 0.05) is 30.2 Å². The monoisotopic (exact) mass is 420 g/mol. The summed E-state index contributed by atoms with van der Waals surface area (Å²) < 4.78 is 13.2. The Bertz CT molecular complexity index is 1070. The van der Waals surface area contributed by atoms with E-state index < -0.39 is 0 Å². The molecule has 0 aliphatic carbocycles. The molecule has 2 aromatic carbocycles. The highest BCUT2D eigenvalue weighted by molar-refractivity contribution is 6.09. The van der Waals surface area contributed by atoms with Gasteiger partial charge in [-0.2, -0.15) is 0 Å². The van der Waals surface area contributed by atoms with Crippen LogP contribution in [-0.2, 0) is 7.05 Å². The van der Waals surface area contributed by atoms with Crippen molar-refractivity contribution in [1.82, 2.24) is 9.47 Å². The molecule has 2 heterocycles. The van der Waals surface area contributed by atoms with Crippen LogP contribution in [0.25, 0.3) is 10.9 Å². The third-order valence-electron chi connectivity index (χ3n) is 6.50. The molecule has 5 heteroatoms. The predicted octanol–water partition coefficient (Wildman–Crippen LogP) is 5.65. The van der Waals surface area contributed by atoms with Gasteiger partial charge in [0.05, 0.1) is 25.3 Å². The molecule has 0 saturated carbocycles. The molecule has 1 amide bonds. The Balaban J connectivity index is 1.77. The molecule has 3 aromatic rings. The van der Waals surface area contributed by atoms with Crippen molar-refractivity contribution in [1.29, 1.82) is 0 Å². The summed E-state index contributed by atoms with van der Waals surface area (Å²) in [6, 6.07) is 14.3. The number of amides is 1. The van der Waals surface area contributed by atoms with Gasteiger partial charge in [-0.15, -0.1) is 0 Å². The van der Waals surface area contributed by atoms with E-state index in [0.717, 1.165) is 65.9 Å². The topological polar surface area (TPSA) is 43.7 Å². The lowest BCUT2D eigenvalue weighted by atomic mass is 9.99. The van der Waals surface area contributed by atoms with Gasteiger partial charge in [0.2, 0.25) is 0 Å². The van der Waals surface area contributed by atoms with Crippen molar-refractivity contribution >= 4 is 16.8 Å². The minimum atomic E-state index is 0.0747. The van der Waals surface area contributed by atoms with Crippen LogP contribution in [0.1, 0.15) is 60.3 Å². The molecular weight excluding hydrogens is 388 g/mol. The predicted molar refractivity (Wildman–Crippen MR) is 124 cm³/mol. The Hall–Kier alpha value is -2.95. The molecule has 31 heavy (non-hydrogen) atoms. The molecule has 1 fully saturated rings. The highest BCUT2D eigenvalue weighted by atomic mass is 16.5. The van der Waals surface area contributed by atoms with E-state index in [1.54, 1.807) is 7.11 Å². The first-order valence-electron chi connectivity index (χ1n) is 11.2. The summed E-state index contributed by atoms with van der Waals surface area (Å²) in [6.07, 6.45) is 4.29. The molecule has 1 atom stereocenters. The van der Waals surface area contributed by atoms with Crippen LogP contribution in [0.5, 0.6) is 11.5 Å². The Labute approximate surface area is 184 Å². The highest BCUT2D eigenvalue weighted by Gasteiger charge is 2.31. The zero-order valence-electron chi connectivity index (χ0n) is 19.0. The third kappa shape index (κ3) is 4.01. The van der Waals surface area contributed by atoms with Crippen LogP contribution in [0, 0.1) is 6.92 Å². The van der Waals surface area contributed by atoms with E-state index in [1.807, 2.05) is 51.2 Å². The molecule has 1 saturated heterocycles. The zero-order valence-corrected chi connectivity index (χ0v) is 19.0. The molecule has 1 aromatic heterocycles. The number of rotatable bonds is 5. The van der Waals surface area contributed by atoms with Crippen LogP contribution >= 0.6 is 0 Å². The molecule has 4 rings (SSSR count). The van der Waals surface area contributed by atoms with E-state index in [9.17, 15) is 4.79 Å². The van der Waals surface area contributed by atoms with E-state index >= 15 is 0 Å². The van der Waals surface area contributed by atoms with Gasteiger partial charge in [-0.1, -0.05) is 25.0 Å². The van der Waals surface area contributed by atoms with E-state index in [-0.39, 0.29) is 11.9 Å². The number of benzene rings is 2. The van der Waals surface area contributed by atoms with Crippen LogP contribution < -0.4 is 9.47 Å². The maximum atomic E-state index is 14.0. The third-order valence-corrected chi connectivity index (χ3v) is 6.50. The van der Waals surface area contributed by atoms with Gasteiger partial charge >= 0.3 is 0 Å². The van der Waals surface area contributed by atoms with Crippen molar-refractivity contribution in [2.75, 3.05) is 20.3 Å². The largest absolute Gasteiger partial charge is 0.497 e. The molecular formula is C26H32N2O3. The summed E-state index contributed by atoms with van der Waals surface area (Å²) in [5, 5.41) is 0.966. The van der Waals surface area contributed by atoms with Crippen molar-refractivity contribution < 1.29 is 14.3 Å². The molecule has 0 radical (unpaired) electrons. The fourth-order valence-corrected chi connectivity index (χ4v) is 4.75. The van der Waals surface area contributed by atoms with E-state index in [0.29, 0.717) is 6.61 Å². The molecule has 0 N–H and O–H groups in total. The number of carbonyl (C=O) groups excluding carboxylic acids is 1. The van der Waals surface area contributed by atoms with Crippen molar-refractivity contribution in [3.63, 3.8) is 0 Å². The number of hydrogen-bond donors (Lipinski definition) is 0. The Morgan fingerprint density at radius 3 is 2.52 bits per heavy atom. The van der Waals surface area contributed by atoms with E-state index in [1.165, 1.54) is 5.56 Å². The van der Waals surface area contributed by atoms with Gasteiger partial charge in [-0.05, 0) is 62.6 Å². The lowest BCUT2D eigenvalue weighted by Crippen LogP contribution is -2.35. The molecule has 0 unspecified atom stereocenters. The van der Waals surface area contributed by atoms with Gasteiger partial charge < -0.3 is 18.9 Å². The number of methoxy groups -OCH3 is 1. The van der Waals surface area contributed by atoms with Gasteiger partial charge in [-0.25, -0.2) is 0 Å². The lowest BCUT2D eigenvalue weighted by Gasteiger charge is -2.31. The first-order valence-corrected chi connectivity index (χ1v) is 11.2. The van der Waals surface area contributed by atoms with Crippen molar-refractivity contribution in [2.24, 2.45) is 7.05 Å². The highest BCUT2D eigenvalue weighted by Crippen LogP contribution is 2.35. The normalized spacial score (nSPS) is 16.9. The summed E-state index contributed by atoms with van der Waals surface area (Å²) in [4.78, 5) is 16.1. The average molecular weight is 421 g/mol. The van der Waals surface area contributed by atoms with Crippen molar-refractivity contribution in [2.45, 2.75) is 45.6 Å². The Morgan fingerprint density at radius 1 is 1.06 bits per heavy atom. The molecule has 0 bridgehead atoms. The maximum absolute atomic E-state index is 14.0. The molecule has 0 spiro atoms. The Morgan fingerprint density at radius 2 is 1.81 bits per heavy atom. The summed E-state index contributed by atoms with van der Waals surface area (Å²) in [5.74, 6) is 1.75. The second-order valence-electron chi connectivity index (χ2n) is 8.27. The maximum Gasteiger partial charge on any atom is 0.256 e. The number of likely N-dealkylation sites (tertiary alicyclic amines) is 1. The van der Waals surface area contributed by atoms with E-state index in [2.05, 4.69) is 21.6 Å². The minimum Gasteiger partial charge on any atom is -0.497 e. The van der Waals surface area contributed by atoms with Gasteiger partial charge in [0.15, 0.2) is 0 Å². The number of carbonyl (C=O) groups is 1. The second kappa shape index (κ2) is 9.04. The first kappa shape index (κ1) is 21.3. The molecule has 1 aliphatic heterocycles. The second-order valence-corrected chi connectivity index (χ2v) is 8.27. The standard InChI is InChI=1S/C26H32N2O3/c1-5-31-21-14-15-24-22(17-21)25(18(2)27(24)3)26(29)28-16-8-6-7-9-23(28)19-10-12-20(30-4)13-11-19/h10-15,17,23H,5-9,16H2,1-4H3/t23-/m1/s1. The fourth-order valence-electron chi connectivity index (χ4n) is 4.75. The van der Waals surface area contributed by atoms with Crippen LogP contribution in [0.4, 0.5) is 0 Å². The SMILES string of the molecule is CCOc1ccc2c(c1)c(C(=O)N1CCCCC[C@@H]1c1ccc(OC)cc1)c(C)n2C. The van der Waals surface area contributed by atoms with Gasteiger partial charge in [-0.3, -0.25) is 4.79 Å². The fraction of sp³-hybridized carbons (Fsp3) is 0.423. The van der Waals surface area contributed by atoms with Crippen LogP contribution in [-0.4, -0.2) is 35.6 Å². The number of aromatic nitrogens is 1. The number of hydrogen-bond acceptors (Lipinski definition) is 3. The minimum absolute atomic E-state index is 0.0747. The average Bonchev–Trinajstić information content (AvgIpc) is 2.94. The van der Waals surface area contributed by atoms with Gasteiger partial charge in [0.1, 0.15) is 11.5 Å². The summed E-state index contributed by atoms with van der Waals surface area (Å²) in [6.45, 7) is 5.39. The number of aryl methyl sites for hydroxylation is 1. The van der Waals surface area contributed by atoms with Crippen molar-refractivity contribution in [3.8, 4) is 11.5 Å². The van der Waals surface area contributed by atoms with Gasteiger partial charge in [0.25, 0.3) is 5.91 Å². The molecule has 1 aliphatic rings. The summed E-state index contributed by atoms with van der Waals surface area (Å²) >= 11 is 0. The summed E-state index contributed by atoms with van der Waals surface area (Å²) in [7, 11) is 3.70. The van der Waals surface area contributed by atoms with Crippen molar-refractivity contribution in [3.05, 3.63) is 59.3 Å². The van der Waals surface area contributed by atoms with Crippen LogP contribution in [0.3, 0.4) is 0 Å². The van der Waals surface area contributed by atoms with Crippen LogP contribution in [0.15, 0.2) is 42.5 Å². The van der Waals surface area contributed by atoms with Crippen LogP contribution in [0.2, 0.25) is 0 Å². The number of fused-ring (bicyclic) bond motifs is 1. The lowest BCUT2D eigenvalue weighted by molar-refractivity contribution is 0.0682. The summed E-state index contributed by atoms with van der Waals surface area (Å²) in [5.41, 5.74) is 4.01. The Kier molecular flexibility index (Phi) is 6.21. The van der Waals surface area contributed by atoms with E-state index in [4.69, 9.17) is 9.47 Å². The molecule has 164 valence electrons.